The molecule has 0 aliphatic carbocycles. The first-order valence-electron chi connectivity index (χ1n) is 35.3. The lowest BCUT2D eigenvalue weighted by Crippen LogP contribution is -2.41. The van der Waals surface area contributed by atoms with Crippen molar-refractivity contribution in [2.24, 2.45) is 5.73 Å². The van der Waals surface area contributed by atoms with E-state index >= 15 is 0 Å². The molecule has 100 heavy (non-hydrogen) atoms. The zero-order valence-corrected chi connectivity index (χ0v) is 71.6. The van der Waals surface area contributed by atoms with E-state index in [0.29, 0.717) is 35.8 Å². The van der Waals surface area contributed by atoms with Gasteiger partial charge < -0.3 is 76.5 Å². The van der Waals surface area contributed by atoms with Gasteiger partial charge in [-0.2, -0.15) is 0 Å². The quantitative estimate of drug-likeness (QED) is 0.0360. The summed E-state index contributed by atoms with van der Waals surface area (Å²) >= 11 is 2.06. The summed E-state index contributed by atoms with van der Waals surface area (Å²) in [6, 6.07) is 10.4. The molecule has 0 bridgehead atoms. The average Bonchev–Trinajstić information content (AvgIpc) is 0.737. The minimum Gasteiger partial charge on any atom is -0.484 e. The number of hydrogen-bond donors (Lipinski definition) is 3. The Morgan fingerprint density at radius 3 is 0.690 bits per heavy atom. The van der Waals surface area contributed by atoms with Crippen LogP contribution in [0.25, 0.3) is 0 Å². The summed E-state index contributed by atoms with van der Waals surface area (Å²) < 4.78 is 95.7. The molecule has 0 spiro atoms. The topological polar surface area (TPSA) is 196 Å². The molecular formula is C82H134INO16. The first kappa shape index (κ1) is 87.1. The van der Waals surface area contributed by atoms with E-state index in [4.69, 9.17) is 72.0 Å². The van der Waals surface area contributed by atoms with Gasteiger partial charge in [0.05, 0.1) is 0 Å². The minimum atomic E-state index is -2.37. The van der Waals surface area contributed by atoms with E-state index in [1.165, 1.54) is 0 Å². The van der Waals surface area contributed by atoms with Crippen molar-refractivity contribution in [1.82, 2.24) is 0 Å². The molecule has 0 saturated heterocycles. The van der Waals surface area contributed by atoms with Crippen molar-refractivity contribution in [1.29, 1.82) is 0 Å². The van der Waals surface area contributed by atoms with Gasteiger partial charge in [-0.3, -0.25) is 5.73 Å². The summed E-state index contributed by atoms with van der Waals surface area (Å²) in [5.74, 6) is 3.47. The van der Waals surface area contributed by atoms with E-state index in [1.54, 1.807) is 36.4 Å². The van der Waals surface area contributed by atoms with Gasteiger partial charge in [0.15, 0.2) is 55.3 Å². The monoisotopic (exact) mass is 1520 g/mol. The van der Waals surface area contributed by atoms with Crippen molar-refractivity contribution in [3.05, 3.63) is 58.7 Å². The Kier molecular flexibility index (Phi) is 25.2. The third-order valence-corrected chi connectivity index (χ3v) is 14.2. The molecule has 4 aromatic carbocycles. The molecule has 0 aliphatic rings. The second-order valence-corrected chi connectivity index (χ2v) is 41.1. The molecule has 4 N–H and O–H groups in total. The fourth-order valence-corrected chi connectivity index (χ4v) is 10.8. The Labute approximate surface area is 618 Å². The van der Waals surface area contributed by atoms with Crippen LogP contribution in [0.4, 0.5) is 0 Å². The van der Waals surface area contributed by atoms with E-state index in [-0.39, 0.29) is 79.7 Å². The van der Waals surface area contributed by atoms with Gasteiger partial charge in [0, 0.05) is 22.3 Å². The number of aliphatic hydroxyl groups is 2. The number of ether oxygens (including phenoxy) is 14. The molecule has 17 nitrogen and oxygen atoms in total. The molecule has 0 amide bonds. The van der Waals surface area contributed by atoms with Crippen molar-refractivity contribution in [2.75, 3.05) is 0 Å². The Hall–Kier alpha value is -5.31. The van der Waals surface area contributed by atoms with Crippen LogP contribution in [-0.2, 0) is 9.33 Å². The van der Waals surface area contributed by atoms with E-state index < -0.39 is 87.7 Å². The molecule has 4 aromatic rings. The number of rotatable bonds is 23. The molecule has 0 radical (unpaired) electrons. The van der Waals surface area contributed by atoms with Crippen molar-refractivity contribution >= 4 is 22.6 Å². The van der Waals surface area contributed by atoms with Gasteiger partial charge in [0.1, 0.15) is 78.4 Å². The van der Waals surface area contributed by atoms with E-state index in [0.717, 1.165) is 0 Å². The summed E-state index contributed by atoms with van der Waals surface area (Å²) in [6.45, 7) is 77.7. The highest BCUT2D eigenvalue weighted by atomic mass is 127. The second kappa shape index (κ2) is 29.0. The molecule has 4 rings (SSSR count). The maximum atomic E-state index is 14.2. The molecule has 0 fully saturated rings. The van der Waals surface area contributed by atoms with Crippen LogP contribution in [0.5, 0.6) is 80.5 Å². The maximum Gasteiger partial charge on any atom is 0.208 e. The van der Waals surface area contributed by atoms with E-state index in [1.807, 2.05) is 277 Å². The number of nitrogens with two attached hydrogens (primary N) is 1. The van der Waals surface area contributed by atoms with E-state index in [9.17, 15) is 10.2 Å². The lowest BCUT2D eigenvalue weighted by atomic mass is 9.90. The third kappa shape index (κ3) is 27.1. The standard InChI is InChI=1S/C82H134INO16/c1-67(2,3)87-53-43-41-49(57(91-70(10,11)12)61(53)94-73(19,20)21)82(84,86)50-42-44-54(88-68(4,5)6)62(95-74(22,23)24)58(50)100-80(39,40)46-45-79(37,38)90-56-48-52(60(93-72(16,17)18)66(99-78(34,35)36)64(56)97-76(28,29)30)81(83,85)51-47-55(89-69(7,8)9)63(96-75(25,26)27)65(98-77(31,32)33)59(51)92-71(13,14)15/h41-44,47-48,85-86H,45-46,84H2,1-40H3. The zero-order valence-electron chi connectivity index (χ0n) is 69.4. The van der Waals surface area contributed by atoms with Crippen LogP contribution in [0.1, 0.15) is 312 Å². The first-order chi connectivity index (χ1) is 44.0. The van der Waals surface area contributed by atoms with Crippen LogP contribution < -0.4 is 72.0 Å². The summed E-state index contributed by atoms with van der Waals surface area (Å²) in [7, 11) is 0. The van der Waals surface area contributed by atoms with Gasteiger partial charge in [0.25, 0.3) is 0 Å². The molecule has 18 heteroatoms. The van der Waals surface area contributed by atoms with Crippen molar-refractivity contribution < 1.29 is 76.5 Å². The Bertz CT molecular complexity index is 3460. The van der Waals surface area contributed by atoms with Gasteiger partial charge in [-0.05, 0) is 349 Å². The smallest absolute Gasteiger partial charge is 0.208 e. The molecular weight excluding hydrogens is 1380 g/mol. The Morgan fingerprint density at radius 2 is 0.430 bits per heavy atom. The van der Waals surface area contributed by atoms with Crippen molar-refractivity contribution in [3.8, 4) is 80.5 Å². The highest BCUT2D eigenvalue weighted by molar-refractivity contribution is 14.1. The molecule has 0 saturated carbocycles. The summed E-state index contributed by atoms with van der Waals surface area (Å²) in [6.07, 6.45) is 0.651. The van der Waals surface area contributed by atoms with Gasteiger partial charge in [-0.25, -0.2) is 0 Å². The zero-order chi connectivity index (χ0) is 77.9. The SMILES string of the molecule is CC(C)(C)Oc1ccc(C(N)(O)c2ccc(OC(C)(C)C)c(OC(C)(C)C)c2OC(C)(C)CCC(C)(C)Oc2cc(C(O)(I)c3cc(OC(C)(C)C)c(OC(C)(C)C)c(OC(C)(C)C)c3OC(C)(C)C)c(OC(C)(C)C)c(OC(C)(C)C)c2OC(C)(C)C)c(OC(C)(C)C)c1OC(C)(C)C. The molecule has 0 aromatic heterocycles. The molecule has 570 valence electrons. The van der Waals surface area contributed by atoms with Crippen molar-refractivity contribution in [3.63, 3.8) is 0 Å². The second-order valence-electron chi connectivity index (χ2n) is 39.5. The summed E-state index contributed by atoms with van der Waals surface area (Å²) in [5.41, 5.74) is -5.73. The van der Waals surface area contributed by atoms with Crippen molar-refractivity contribution in [2.45, 2.75) is 378 Å². The average molecular weight is 1520 g/mol. The van der Waals surface area contributed by atoms with Crippen LogP contribution in [-0.4, -0.2) is 88.6 Å². The highest BCUT2D eigenvalue weighted by Crippen LogP contribution is 2.62. The van der Waals surface area contributed by atoms with Crippen LogP contribution in [0.3, 0.4) is 0 Å². The van der Waals surface area contributed by atoms with Gasteiger partial charge in [-0.1, -0.05) is 0 Å². The Balaban J connectivity index is 2.22. The number of halogens is 1. The minimum absolute atomic E-state index is 0.130. The number of alkyl halides is 1. The van der Waals surface area contributed by atoms with Gasteiger partial charge >= 0.3 is 0 Å². The van der Waals surface area contributed by atoms with Crippen LogP contribution in [0.2, 0.25) is 0 Å². The lowest BCUT2D eigenvalue weighted by Gasteiger charge is -2.39. The molecule has 2 atom stereocenters. The summed E-state index contributed by atoms with van der Waals surface area (Å²) in [4.78, 5) is 0. The maximum absolute atomic E-state index is 14.2. The Morgan fingerprint density at radius 1 is 0.240 bits per heavy atom. The molecule has 0 aliphatic heterocycles. The lowest BCUT2D eigenvalue weighted by molar-refractivity contribution is 0.0239. The molecule has 0 heterocycles. The normalized spacial score (nSPS) is 15.0. The predicted molar refractivity (Wildman–Crippen MR) is 413 cm³/mol. The van der Waals surface area contributed by atoms with E-state index in [2.05, 4.69) is 22.6 Å². The summed E-state index contributed by atoms with van der Waals surface area (Å²) in [5, 5.41) is 27.8. The van der Waals surface area contributed by atoms with Crippen LogP contribution in [0, 0.1) is 0 Å². The first-order valence-corrected chi connectivity index (χ1v) is 36.4. The predicted octanol–water partition coefficient (Wildman–Crippen LogP) is 21.4. The number of benzene rings is 4. The fraction of sp³-hybridized carbons (Fsp3) is 0.707. The molecule has 2 unspecified atom stereocenters. The van der Waals surface area contributed by atoms with Crippen LogP contribution in [0.15, 0.2) is 36.4 Å². The van der Waals surface area contributed by atoms with Gasteiger partial charge in [-0.15, -0.1) is 0 Å². The third-order valence-electron chi connectivity index (χ3n) is 13.0. The number of hydrogen-bond acceptors (Lipinski definition) is 17. The largest absolute Gasteiger partial charge is 0.484 e. The van der Waals surface area contributed by atoms with Crippen LogP contribution >= 0.6 is 22.6 Å². The highest BCUT2D eigenvalue weighted by Gasteiger charge is 2.47. The van der Waals surface area contributed by atoms with Gasteiger partial charge in [0.2, 0.25) is 34.5 Å². The fourth-order valence-electron chi connectivity index (χ4n) is 9.98.